The Bertz CT molecular complexity index is 1670. The van der Waals surface area contributed by atoms with Gasteiger partial charge in [-0.1, -0.05) is 12.1 Å². The molecule has 3 aromatic carbocycles. The molecule has 0 saturated heterocycles. The van der Waals surface area contributed by atoms with Gasteiger partial charge in [0.2, 0.25) is 0 Å². The lowest BCUT2D eigenvalue weighted by atomic mass is 9.87. The molecule has 1 unspecified atom stereocenters. The molecule has 4 heterocycles. The van der Waals surface area contributed by atoms with Gasteiger partial charge in [-0.2, -0.15) is 0 Å². The van der Waals surface area contributed by atoms with E-state index in [-0.39, 0.29) is 17.2 Å². The fourth-order valence-corrected chi connectivity index (χ4v) is 5.53. The number of methoxy groups -OCH3 is 1. The molecule has 8 bridgehead atoms. The number of benzene rings is 3. The average Bonchev–Trinajstić information content (AvgIpc) is 3.00. The second kappa shape index (κ2) is 11.4. The highest BCUT2D eigenvalue weighted by molar-refractivity contribution is 5.97. The summed E-state index contributed by atoms with van der Waals surface area (Å²) in [5.74, 6) is 1.33. The number of amides is 2. The first-order valence-electron chi connectivity index (χ1n) is 13.9. The van der Waals surface area contributed by atoms with E-state index < -0.39 is 11.9 Å². The third-order valence-corrected chi connectivity index (χ3v) is 7.64. The molecule has 0 radical (unpaired) electrons. The first kappa shape index (κ1) is 27.1. The molecule has 9 heteroatoms. The Labute approximate surface area is 243 Å². The zero-order chi connectivity index (χ0) is 29.2. The minimum atomic E-state index is -0.411. The summed E-state index contributed by atoms with van der Waals surface area (Å²) in [6.07, 6.45) is 2.84. The Morgan fingerprint density at radius 1 is 1.10 bits per heavy atom. The number of aromatic hydroxyl groups is 1. The Hall–Kier alpha value is -5.05. The van der Waals surface area contributed by atoms with Crippen LogP contribution in [-0.2, 0) is 6.42 Å². The topological polar surface area (TPSA) is 110 Å². The summed E-state index contributed by atoms with van der Waals surface area (Å²) in [4.78, 5) is 33.0. The molecule has 7 rings (SSSR count). The number of carbonyl (C=O) groups excluding carboxylic acids is 2. The van der Waals surface area contributed by atoms with Crippen molar-refractivity contribution in [3.8, 4) is 28.7 Å². The highest BCUT2D eigenvalue weighted by Crippen LogP contribution is 2.43. The molecule has 0 aliphatic carbocycles. The second-order valence-corrected chi connectivity index (χ2v) is 10.3. The van der Waals surface area contributed by atoms with E-state index in [1.54, 1.807) is 25.4 Å². The molecule has 1 atom stereocenters. The van der Waals surface area contributed by atoms with Gasteiger partial charge in [-0.3, -0.25) is 14.6 Å². The highest BCUT2D eigenvalue weighted by Gasteiger charge is 2.35. The van der Waals surface area contributed by atoms with Crippen molar-refractivity contribution in [3.63, 3.8) is 0 Å². The van der Waals surface area contributed by atoms with Crippen LogP contribution in [0.15, 0.2) is 72.9 Å². The normalized spacial score (nSPS) is 16.4. The van der Waals surface area contributed by atoms with Crippen molar-refractivity contribution in [1.82, 2.24) is 15.2 Å². The third-order valence-electron chi connectivity index (χ3n) is 7.64. The number of pyridine rings is 1. The van der Waals surface area contributed by atoms with Gasteiger partial charge in [0.1, 0.15) is 17.2 Å². The van der Waals surface area contributed by atoms with Crippen molar-refractivity contribution in [1.29, 1.82) is 0 Å². The summed E-state index contributed by atoms with van der Waals surface area (Å²) < 4.78 is 18.0. The van der Waals surface area contributed by atoms with Crippen molar-refractivity contribution < 1.29 is 28.9 Å². The summed E-state index contributed by atoms with van der Waals surface area (Å²) in [6, 6.07) is 19.3. The Kier molecular flexibility index (Phi) is 7.39. The van der Waals surface area contributed by atoms with Crippen LogP contribution in [0.4, 0.5) is 0 Å². The van der Waals surface area contributed by atoms with Crippen molar-refractivity contribution >= 4 is 11.8 Å². The quantitative estimate of drug-likeness (QED) is 0.344. The van der Waals surface area contributed by atoms with E-state index in [4.69, 9.17) is 14.2 Å². The molecule has 42 heavy (non-hydrogen) atoms. The lowest BCUT2D eigenvalue weighted by Crippen LogP contribution is -2.41. The zero-order valence-corrected chi connectivity index (χ0v) is 23.4. The van der Waals surface area contributed by atoms with Gasteiger partial charge in [-0.15, -0.1) is 0 Å². The average molecular weight is 566 g/mol. The van der Waals surface area contributed by atoms with Gasteiger partial charge < -0.3 is 29.5 Å². The van der Waals surface area contributed by atoms with E-state index in [1.165, 1.54) is 12.1 Å². The van der Waals surface area contributed by atoms with E-state index in [0.717, 1.165) is 16.7 Å². The van der Waals surface area contributed by atoms with Crippen LogP contribution in [0.25, 0.3) is 0 Å². The number of carbonyl (C=O) groups is 2. The number of aromatic nitrogens is 1. The molecule has 1 aromatic heterocycles. The number of aryl methyl sites for hydroxylation is 1. The van der Waals surface area contributed by atoms with Gasteiger partial charge in [0.15, 0.2) is 11.5 Å². The summed E-state index contributed by atoms with van der Waals surface area (Å²) >= 11 is 0. The Morgan fingerprint density at radius 3 is 2.81 bits per heavy atom. The Balaban J connectivity index is 1.49. The largest absolute Gasteiger partial charge is 0.507 e. The molecule has 9 nitrogen and oxygen atoms in total. The molecule has 0 fully saturated rings. The van der Waals surface area contributed by atoms with E-state index in [0.29, 0.717) is 66.8 Å². The minimum absolute atomic E-state index is 0.101. The molecule has 214 valence electrons. The van der Waals surface area contributed by atoms with Gasteiger partial charge in [-0.25, -0.2) is 0 Å². The first-order valence-corrected chi connectivity index (χ1v) is 13.9. The lowest BCUT2D eigenvalue weighted by molar-refractivity contribution is 0.0692. The zero-order valence-electron chi connectivity index (χ0n) is 23.4. The van der Waals surface area contributed by atoms with Gasteiger partial charge in [0.05, 0.1) is 30.9 Å². The van der Waals surface area contributed by atoms with E-state index in [9.17, 15) is 14.7 Å². The number of nitrogens with one attached hydrogen (secondary N) is 1. The fraction of sp³-hybridized carbons (Fsp3) is 0.242. The van der Waals surface area contributed by atoms with Gasteiger partial charge >= 0.3 is 0 Å². The monoisotopic (exact) mass is 565 g/mol. The van der Waals surface area contributed by atoms with Crippen LogP contribution < -0.4 is 19.5 Å². The van der Waals surface area contributed by atoms with E-state index >= 15 is 0 Å². The van der Waals surface area contributed by atoms with Crippen LogP contribution in [0.5, 0.6) is 28.7 Å². The molecular formula is C33H31N3O6. The van der Waals surface area contributed by atoms with Crippen LogP contribution in [0.1, 0.15) is 55.6 Å². The highest BCUT2D eigenvalue weighted by atomic mass is 16.5. The number of hydrogen-bond donors (Lipinski definition) is 2. The van der Waals surface area contributed by atoms with Gasteiger partial charge in [0.25, 0.3) is 11.8 Å². The number of nitrogens with zero attached hydrogens (tertiary/aromatic N) is 2. The van der Waals surface area contributed by atoms with Crippen LogP contribution in [0, 0.1) is 6.92 Å². The smallest absolute Gasteiger partial charge is 0.256 e. The van der Waals surface area contributed by atoms with Crippen molar-refractivity contribution in [2.24, 2.45) is 0 Å². The molecule has 2 amide bonds. The number of phenols is 1. The summed E-state index contributed by atoms with van der Waals surface area (Å²) in [6.45, 7) is 3.05. The molecule has 3 aliphatic heterocycles. The molecular weight excluding hydrogens is 534 g/mol. The van der Waals surface area contributed by atoms with E-state index in [1.807, 2.05) is 54.3 Å². The number of hydrogen-bond acceptors (Lipinski definition) is 7. The van der Waals surface area contributed by atoms with Crippen LogP contribution in [-0.4, -0.2) is 53.6 Å². The first-order chi connectivity index (χ1) is 20.4. The number of phenolic OH excluding ortho intramolecular Hbond substituents is 1. The number of ether oxygens (including phenoxy) is 3. The van der Waals surface area contributed by atoms with E-state index in [2.05, 4.69) is 10.3 Å². The Morgan fingerprint density at radius 2 is 1.98 bits per heavy atom. The summed E-state index contributed by atoms with van der Waals surface area (Å²) in [5.41, 5.74) is 4.17. The maximum Gasteiger partial charge on any atom is 0.256 e. The molecule has 0 spiro atoms. The maximum atomic E-state index is 14.0. The minimum Gasteiger partial charge on any atom is -0.507 e. The predicted octanol–water partition coefficient (Wildman–Crippen LogP) is 5.20. The van der Waals surface area contributed by atoms with Crippen molar-refractivity contribution in [2.45, 2.75) is 25.8 Å². The van der Waals surface area contributed by atoms with Gasteiger partial charge in [0, 0.05) is 25.0 Å². The lowest BCUT2D eigenvalue weighted by Gasteiger charge is -2.38. The molecule has 3 aliphatic rings. The third kappa shape index (κ3) is 5.21. The van der Waals surface area contributed by atoms with Crippen molar-refractivity contribution in [2.75, 3.05) is 26.8 Å². The van der Waals surface area contributed by atoms with Gasteiger partial charge in [-0.05, 0) is 91.1 Å². The van der Waals surface area contributed by atoms with Crippen molar-refractivity contribution in [3.05, 3.63) is 106 Å². The number of rotatable bonds is 2. The van der Waals surface area contributed by atoms with Crippen LogP contribution in [0.2, 0.25) is 0 Å². The second-order valence-electron chi connectivity index (χ2n) is 10.3. The standard InChI is InChI=1S/C33H31N3O6/c1-20-25(8-4-12-34-20)33(39)36-14-11-21-17-30-29(40-2)19-26(21)31(36)22-6-3-7-23(16-22)41-15-5-13-35-32(38)27-18-24(42-30)9-10-28(27)37/h3-4,6-10,12,16-19,31,37H,5,11,13-15H2,1-2H3,(H,35,38). The molecule has 4 aromatic rings. The maximum absolute atomic E-state index is 14.0. The summed E-state index contributed by atoms with van der Waals surface area (Å²) in [7, 11) is 1.56. The number of fused-ring (bicyclic) bond motifs is 6. The molecule has 0 saturated carbocycles. The SMILES string of the molecule is COc1cc2c3cc1Oc1ccc(O)c(c1)C(=O)NCCCOc1cccc(c1)C2N(C(=O)c1cccnc1C)CC3. The van der Waals surface area contributed by atoms with Crippen LogP contribution in [0.3, 0.4) is 0 Å². The van der Waals surface area contributed by atoms with Crippen LogP contribution >= 0.6 is 0 Å². The summed E-state index contributed by atoms with van der Waals surface area (Å²) in [5, 5.41) is 13.2. The fourth-order valence-electron chi connectivity index (χ4n) is 5.53. The predicted molar refractivity (Wildman–Crippen MR) is 156 cm³/mol. The molecule has 2 N–H and O–H groups in total.